The summed E-state index contributed by atoms with van der Waals surface area (Å²) < 4.78 is 32.2. The SMILES string of the molecule is CCCCS(=O)(=O)/C=C1\C(=O)C(=O)[C@](C)(CO)[C@@H]2CC[C@]3(C)C(=CC(=O)[C@@H]4[C@@H]5CC(C)(C)CC[C@]5(C(=O)OC)CC[C@]43C)[C@@]12C. The van der Waals surface area contributed by atoms with Crippen LogP contribution >= 0.6 is 0 Å². The molecule has 0 aromatic rings. The average molecular weight is 645 g/mol. The van der Waals surface area contributed by atoms with Gasteiger partial charge in [-0.1, -0.05) is 48.0 Å². The quantitative estimate of drug-likeness (QED) is 0.226. The Kier molecular flexibility index (Phi) is 8.13. The molecule has 5 rings (SSSR count). The lowest BCUT2D eigenvalue weighted by atomic mass is 9.33. The third-order valence-corrected chi connectivity index (χ3v) is 15.3. The van der Waals surface area contributed by atoms with E-state index >= 15 is 0 Å². The van der Waals surface area contributed by atoms with Crippen LogP contribution in [0.25, 0.3) is 0 Å². The van der Waals surface area contributed by atoms with Crippen LogP contribution in [0, 0.1) is 50.2 Å². The molecule has 0 aromatic carbocycles. The van der Waals surface area contributed by atoms with Gasteiger partial charge in [0.15, 0.2) is 15.6 Å². The molecular formula is C36H52O8S. The number of ether oxygens (including phenoxy) is 1. The van der Waals surface area contributed by atoms with Gasteiger partial charge in [-0.3, -0.25) is 19.2 Å². The molecule has 4 fully saturated rings. The summed E-state index contributed by atoms with van der Waals surface area (Å²) >= 11 is 0. The Hall–Kier alpha value is -2.13. The molecule has 250 valence electrons. The maximum atomic E-state index is 14.7. The highest BCUT2D eigenvalue weighted by atomic mass is 32.2. The normalized spacial score (nSPS) is 43.5. The Morgan fingerprint density at radius 2 is 1.67 bits per heavy atom. The third kappa shape index (κ3) is 4.56. The van der Waals surface area contributed by atoms with Gasteiger partial charge >= 0.3 is 5.97 Å². The summed E-state index contributed by atoms with van der Waals surface area (Å²) in [5.41, 5.74) is -4.10. The van der Waals surface area contributed by atoms with E-state index in [9.17, 15) is 32.7 Å². The molecule has 0 heterocycles. The molecule has 0 aliphatic heterocycles. The van der Waals surface area contributed by atoms with Crippen molar-refractivity contribution in [2.24, 2.45) is 50.2 Å². The molecule has 0 radical (unpaired) electrons. The lowest BCUT2D eigenvalue weighted by molar-refractivity contribution is -0.192. The van der Waals surface area contributed by atoms with E-state index in [1.54, 1.807) is 13.0 Å². The van der Waals surface area contributed by atoms with E-state index in [1.807, 2.05) is 13.8 Å². The van der Waals surface area contributed by atoms with Crippen LogP contribution in [-0.4, -0.2) is 56.3 Å². The van der Waals surface area contributed by atoms with Gasteiger partial charge in [-0.25, -0.2) is 8.42 Å². The van der Waals surface area contributed by atoms with Gasteiger partial charge in [0.05, 0.1) is 30.3 Å². The molecule has 9 heteroatoms. The fourth-order valence-corrected chi connectivity index (χ4v) is 12.4. The molecule has 0 amide bonds. The highest BCUT2D eigenvalue weighted by Gasteiger charge is 2.73. The second-order valence-corrected chi connectivity index (χ2v) is 18.6. The van der Waals surface area contributed by atoms with E-state index in [0.29, 0.717) is 56.9 Å². The van der Waals surface area contributed by atoms with Crippen molar-refractivity contribution in [2.75, 3.05) is 19.5 Å². The predicted molar refractivity (Wildman–Crippen MR) is 170 cm³/mol. The van der Waals surface area contributed by atoms with Gasteiger partial charge in [0.2, 0.25) is 11.6 Å². The van der Waals surface area contributed by atoms with Gasteiger partial charge in [0.1, 0.15) is 0 Å². The number of hydrogen-bond acceptors (Lipinski definition) is 8. The standard InChI is InChI=1S/C36H52O8S/c1-9-10-17-45(42,43)20-23-28(39)29(40)32(4,21-37)25-11-12-33(5)26(35(23,25)7)18-24(38)27-22-19-31(2,3)13-15-36(22,30(41)44-8)16-14-34(27,33)6/h18,20,22,25,27,37H,9-17,19,21H2,1-8H3/b23-20+/t22-,25-,27-,32+,33+,34+,35-,36-/m0/s1. The van der Waals surface area contributed by atoms with Crippen LogP contribution < -0.4 is 0 Å². The van der Waals surface area contributed by atoms with Crippen LogP contribution in [0.4, 0.5) is 0 Å². The molecule has 0 unspecified atom stereocenters. The molecule has 1 N–H and O–H groups in total. The summed E-state index contributed by atoms with van der Waals surface area (Å²) in [6.07, 6.45) is 7.23. The highest BCUT2D eigenvalue weighted by molar-refractivity contribution is 7.94. The number of unbranched alkanes of at least 4 members (excludes halogenated alkanes) is 1. The first kappa shape index (κ1) is 34.2. The predicted octanol–water partition coefficient (Wildman–Crippen LogP) is 5.57. The van der Waals surface area contributed by atoms with Crippen LogP contribution in [0.2, 0.25) is 0 Å². The Bertz CT molecular complexity index is 1500. The van der Waals surface area contributed by atoms with Crippen molar-refractivity contribution in [1.29, 1.82) is 0 Å². The number of carbonyl (C=O) groups is 4. The van der Waals surface area contributed by atoms with Crippen LogP contribution in [0.3, 0.4) is 0 Å². The lowest BCUT2D eigenvalue weighted by Gasteiger charge is -2.69. The summed E-state index contributed by atoms with van der Waals surface area (Å²) in [5.74, 6) is -3.41. The number of hydrogen-bond donors (Lipinski definition) is 1. The molecule has 0 bridgehead atoms. The van der Waals surface area contributed by atoms with Gasteiger partial charge in [0.25, 0.3) is 0 Å². The number of sulfone groups is 1. The monoisotopic (exact) mass is 644 g/mol. The van der Waals surface area contributed by atoms with Crippen LogP contribution in [0.15, 0.2) is 22.6 Å². The average Bonchev–Trinajstić information content (AvgIpc) is 2.98. The van der Waals surface area contributed by atoms with Crippen molar-refractivity contribution in [3.05, 3.63) is 22.6 Å². The number of allylic oxidation sites excluding steroid dienone is 3. The molecule has 0 aromatic heterocycles. The van der Waals surface area contributed by atoms with Crippen LogP contribution in [-0.2, 0) is 33.8 Å². The first-order chi connectivity index (χ1) is 20.7. The number of methoxy groups -OCH3 is 1. The zero-order valence-electron chi connectivity index (χ0n) is 28.4. The molecule has 45 heavy (non-hydrogen) atoms. The Morgan fingerprint density at radius 3 is 2.27 bits per heavy atom. The largest absolute Gasteiger partial charge is 0.469 e. The van der Waals surface area contributed by atoms with E-state index < -0.39 is 66.9 Å². The minimum Gasteiger partial charge on any atom is -0.469 e. The molecule has 8 atom stereocenters. The number of carbonyl (C=O) groups excluding carboxylic acids is 4. The second-order valence-electron chi connectivity index (χ2n) is 16.6. The van der Waals surface area contributed by atoms with Gasteiger partial charge in [0, 0.05) is 22.3 Å². The fourth-order valence-electron chi connectivity index (χ4n) is 10.9. The van der Waals surface area contributed by atoms with Gasteiger partial charge in [-0.2, -0.15) is 0 Å². The van der Waals surface area contributed by atoms with Crippen molar-refractivity contribution in [3.8, 4) is 0 Å². The summed E-state index contributed by atoms with van der Waals surface area (Å²) in [6, 6.07) is 0. The van der Waals surface area contributed by atoms with Crippen molar-refractivity contribution >= 4 is 33.2 Å². The number of aliphatic hydroxyl groups is 1. The number of aliphatic hydroxyl groups excluding tert-OH is 1. The first-order valence-corrected chi connectivity index (χ1v) is 18.5. The molecule has 0 saturated heterocycles. The number of esters is 1. The van der Waals surface area contributed by atoms with E-state index in [4.69, 9.17) is 4.74 Å². The molecule has 5 aliphatic rings. The fraction of sp³-hybridized carbons (Fsp3) is 0.778. The lowest BCUT2D eigenvalue weighted by Crippen LogP contribution is -2.67. The number of fused-ring (bicyclic) bond motifs is 7. The van der Waals surface area contributed by atoms with Crippen molar-refractivity contribution < 1.29 is 37.4 Å². The topological polar surface area (TPSA) is 132 Å². The van der Waals surface area contributed by atoms with Crippen LogP contribution in [0.5, 0.6) is 0 Å². The van der Waals surface area contributed by atoms with Crippen molar-refractivity contribution in [3.63, 3.8) is 0 Å². The summed E-state index contributed by atoms with van der Waals surface area (Å²) in [6.45, 7) is 13.4. The summed E-state index contributed by atoms with van der Waals surface area (Å²) in [4.78, 5) is 55.9. The minimum atomic E-state index is -3.85. The van der Waals surface area contributed by atoms with E-state index in [0.717, 1.165) is 11.8 Å². The maximum Gasteiger partial charge on any atom is 0.312 e. The maximum absolute atomic E-state index is 14.7. The number of ketones is 3. The van der Waals surface area contributed by atoms with Crippen molar-refractivity contribution in [1.82, 2.24) is 0 Å². The Morgan fingerprint density at radius 1 is 1.02 bits per heavy atom. The number of rotatable bonds is 6. The van der Waals surface area contributed by atoms with Gasteiger partial charge in [-0.15, -0.1) is 0 Å². The second kappa shape index (κ2) is 10.7. The van der Waals surface area contributed by atoms with E-state index in [1.165, 1.54) is 7.11 Å². The Labute approximate surface area is 268 Å². The van der Waals surface area contributed by atoms with Crippen molar-refractivity contribution in [2.45, 2.75) is 106 Å². The van der Waals surface area contributed by atoms with Gasteiger partial charge < -0.3 is 9.84 Å². The smallest absolute Gasteiger partial charge is 0.312 e. The van der Waals surface area contributed by atoms with Gasteiger partial charge in [-0.05, 0) is 98.0 Å². The molecule has 0 spiro atoms. The number of Topliss-reactive ketones (excluding diaryl/α,β-unsaturated/α-hetero) is 2. The molecule has 4 saturated carbocycles. The molecule has 5 aliphatic carbocycles. The summed E-state index contributed by atoms with van der Waals surface area (Å²) in [7, 11) is -2.43. The van der Waals surface area contributed by atoms with E-state index in [2.05, 4.69) is 27.7 Å². The zero-order valence-corrected chi connectivity index (χ0v) is 29.2. The first-order valence-electron chi connectivity index (χ1n) is 16.7. The third-order valence-electron chi connectivity index (χ3n) is 13.8. The highest BCUT2D eigenvalue weighted by Crippen LogP contribution is 2.75. The molecule has 8 nitrogen and oxygen atoms in total. The Balaban J connectivity index is 1.75. The van der Waals surface area contributed by atoms with Crippen LogP contribution in [0.1, 0.15) is 106 Å². The summed E-state index contributed by atoms with van der Waals surface area (Å²) in [5, 5.41) is 11.6. The zero-order chi connectivity index (χ0) is 33.6. The molecular weight excluding hydrogens is 592 g/mol. The minimum absolute atomic E-state index is 0.0584. The van der Waals surface area contributed by atoms with E-state index in [-0.39, 0.29) is 34.4 Å².